The molecule has 0 heterocycles. The van der Waals surface area contributed by atoms with Crippen molar-refractivity contribution in [3.8, 4) is 0 Å². The number of para-hydroxylation sites is 2. The zero-order valence-corrected chi connectivity index (χ0v) is 14.8. The summed E-state index contributed by atoms with van der Waals surface area (Å²) in [5.74, 6) is -2.83. The Labute approximate surface area is 145 Å². The topological polar surface area (TPSA) is 66.5 Å². The summed E-state index contributed by atoms with van der Waals surface area (Å²) in [4.78, 5) is 12.3. The summed E-state index contributed by atoms with van der Waals surface area (Å²) in [6.45, 7) is 2.82. The third-order valence-corrected chi connectivity index (χ3v) is 4.73. The number of amides is 1. The van der Waals surface area contributed by atoms with Gasteiger partial charge in [-0.25, -0.2) is 17.2 Å². The third kappa shape index (κ3) is 4.33. The van der Waals surface area contributed by atoms with Gasteiger partial charge in [0.15, 0.2) is 11.6 Å². The first-order valence-electron chi connectivity index (χ1n) is 7.39. The molecule has 0 aliphatic carbocycles. The van der Waals surface area contributed by atoms with E-state index in [-0.39, 0.29) is 0 Å². The smallest absolute Gasteiger partial charge is 0.245 e. The van der Waals surface area contributed by atoms with Gasteiger partial charge in [0, 0.05) is 5.69 Å². The Hall–Kier alpha value is -2.48. The average molecular weight is 368 g/mol. The Morgan fingerprint density at radius 2 is 1.52 bits per heavy atom. The molecule has 8 heteroatoms. The van der Waals surface area contributed by atoms with Crippen LogP contribution in [-0.4, -0.2) is 27.1 Å². The number of nitrogens with zero attached hydrogens (tertiary/aromatic N) is 1. The van der Waals surface area contributed by atoms with Crippen molar-refractivity contribution in [3.63, 3.8) is 0 Å². The van der Waals surface area contributed by atoms with Crippen molar-refractivity contribution in [1.29, 1.82) is 0 Å². The van der Waals surface area contributed by atoms with Crippen molar-refractivity contribution < 1.29 is 22.0 Å². The summed E-state index contributed by atoms with van der Waals surface area (Å²) in [7, 11) is -4.08. The number of carbonyl (C=O) groups excluding carboxylic acids is 1. The Morgan fingerprint density at radius 3 is 2.00 bits per heavy atom. The van der Waals surface area contributed by atoms with E-state index < -0.39 is 39.8 Å². The molecule has 0 spiro atoms. The number of rotatable bonds is 5. The van der Waals surface area contributed by atoms with Crippen LogP contribution in [0.5, 0.6) is 0 Å². The van der Waals surface area contributed by atoms with Gasteiger partial charge in [-0.3, -0.25) is 9.10 Å². The van der Waals surface area contributed by atoms with Gasteiger partial charge in [-0.05, 0) is 37.1 Å². The number of aryl methyl sites for hydroxylation is 2. The van der Waals surface area contributed by atoms with E-state index in [1.54, 1.807) is 26.0 Å². The minimum atomic E-state index is -4.08. The van der Waals surface area contributed by atoms with Gasteiger partial charge in [-0.15, -0.1) is 0 Å². The number of halogens is 2. The fourth-order valence-corrected chi connectivity index (χ4v) is 3.27. The molecule has 0 atom stereocenters. The van der Waals surface area contributed by atoms with Gasteiger partial charge in [0.25, 0.3) is 0 Å². The molecule has 2 rings (SSSR count). The van der Waals surface area contributed by atoms with Crippen LogP contribution in [0.2, 0.25) is 0 Å². The molecule has 1 N–H and O–H groups in total. The van der Waals surface area contributed by atoms with Crippen LogP contribution >= 0.6 is 0 Å². The molecule has 0 saturated carbocycles. The van der Waals surface area contributed by atoms with E-state index in [1.165, 1.54) is 0 Å². The van der Waals surface area contributed by atoms with Crippen LogP contribution in [0.4, 0.5) is 20.2 Å². The average Bonchev–Trinajstić information content (AvgIpc) is 2.49. The number of nitrogens with one attached hydrogen (secondary N) is 1. The predicted octanol–water partition coefficient (Wildman–Crippen LogP) is 2.99. The number of hydrogen-bond acceptors (Lipinski definition) is 3. The van der Waals surface area contributed by atoms with Crippen LogP contribution in [0.15, 0.2) is 36.4 Å². The molecule has 0 unspecified atom stereocenters. The minimum Gasteiger partial charge on any atom is -0.324 e. The van der Waals surface area contributed by atoms with Crippen LogP contribution in [0.3, 0.4) is 0 Å². The number of anilines is 2. The molecule has 2 aromatic rings. The van der Waals surface area contributed by atoms with Gasteiger partial charge >= 0.3 is 0 Å². The first-order valence-corrected chi connectivity index (χ1v) is 9.24. The van der Waals surface area contributed by atoms with Crippen molar-refractivity contribution >= 4 is 27.3 Å². The highest BCUT2D eigenvalue weighted by Gasteiger charge is 2.27. The lowest BCUT2D eigenvalue weighted by Gasteiger charge is -2.23. The summed E-state index contributed by atoms with van der Waals surface area (Å²) >= 11 is 0. The lowest BCUT2D eigenvalue weighted by molar-refractivity contribution is -0.114. The van der Waals surface area contributed by atoms with Gasteiger partial charge in [0.1, 0.15) is 12.2 Å². The first-order chi connectivity index (χ1) is 11.6. The molecule has 134 valence electrons. The molecule has 0 radical (unpaired) electrons. The predicted molar refractivity (Wildman–Crippen MR) is 93.1 cm³/mol. The zero-order valence-electron chi connectivity index (χ0n) is 14.0. The summed E-state index contributed by atoms with van der Waals surface area (Å²) in [5, 5.41) is 2.60. The van der Waals surface area contributed by atoms with Gasteiger partial charge in [-0.1, -0.05) is 24.3 Å². The molecule has 5 nitrogen and oxygen atoms in total. The second-order valence-corrected chi connectivity index (χ2v) is 7.56. The lowest BCUT2D eigenvalue weighted by Crippen LogP contribution is -2.38. The molecule has 25 heavy (non-hydrogen) atoms. The second-order valence-electron chi connectivity index (χ2n) is 5.65. The van der Waals surface area contributed by atoms with Gasteiger partial charge in [0.2, 0.25) is 15.9 Å². The molecule has 0 bridgehead atoms. The molecule has 0 aromatic heterocycles. The Balaban J connectivity index is 2.34. The van der Waals surface area contributed by atoms with Gasteiger partial charge < -0.3 is 5.32 Å². The summed E-state index contributed by atoms with van der Waals surface area (Å²) in [6.07, 6.45) is 0.783. The quantitative estimate of drug-likeness (QED) is 0.882. The molecule has 0 fully saturated rings. The van der Waals surface area contributed by atoms with Crippen molar-refractivity contribution in [3.05, 3.63) is 59.2 Å². The fraction of sp³-hybridized carbons (Fsp3) is 0.235. The number of sulfonamides is 1. The Kier molecular flexibility index (Phi) is 5.42. The molecule has 0 aliphatic heterocycles. The van der Waals surface area contributed by atoms with Crippen molar-refractivity contribution in [2.45, 2.75) is 13.8 Å². The van der Waals surface area contributed by atoms with Crippen LogP contribution in [0.25, 0.3) is 0 Å². The summed E-state index contributed by atoms with van der Waals surface area (Å²) in [5.41, 5.74) is 1.34. The number of hydrogen-bond donors (Lipinski definition) is 1. The SMILES string of the molecule is Cc1cccc(C)c1NC(=O)CN(c1c(F)cccc1F)S(C)(=O)=O. The molecular weight excluding hydrogens is 350 g/mol. The van der Waals surface area contributed by atoms with E-state index in [0.29, 0.717) is 9.99 Å². The summed E-state index contributed by atoms with van der Waals surface area (Å²) in [6, 6.07) is 8.37. The maximum atomic E-state index is 14.0. The largest absolute Gasteiger partial charge is 0.324 e. The monoisotopic (exact) mass is 368 g/mol. The third-order valence-electron chi connectivity index (χ3n) is 3.62. The number of benzene rings is 2. The van der Waals surface area contributed by atoms with E-state index >= 15 is 0 Å². The van der Waals surface area contributed by atoms with Crippen LogP contribution in [-0.2, 0) is 14.8 Å². The highest BCUT2D eigenvalue weighted by Crippen LogP contribution is 2.26. The van der Waals surface area contributed by atoms with E-state index in [0.717, 1.165) is 35.6 Å². The first kappa shape index (κ1) is 18.9. The van der Waals surface area contributed by atoms with Crippen molar-refractivity contribution in [2.75, 3.05) is 22.4 Å². The molecule has 2 aromatic carbocycles. The maximum absolute atomic E-state index is 14.0. The van der Waals surface area contributed by atoms with Gasteiger partial charge in [0.05, 0.1) is 6.26 Å². The second kappa shape index (κ2) is 7.18. The Morgan fingerprint density at radius 1 is 1.04 bits per heavy atom. The van der Waals surface area contributed by atoms with Crippen molar-refractivity contribution in [1.82, 2.24) is 0 Å². The highest BCUT2D eigenvalue weighted by atomic mass is 32.2. The van der Waals surface area contributed by atoms with E-state index in [9.17, 15) is 22.0 Å². The lowest BCUT2D eigenvalue weighted by atomic mass is 10.1. The minimum absolute atomic E-state index is 0.417. The maximum Gasteiger partial charge on any atom is 0.245 e. The zero-order chi connectivity index (χ0) is 18.8. The number of carbonyl (C=O) groups is 1. The van der Waals surface area contributed by atoms with Crippen molar-refractivity contribution in [2.24, 2.45) is 0 Å². The normalized spacial score (nSPS) is 11.2. The van der Waals surface area contributed by atoms with E-state index in [2.05, 4.69) is 5.32 Å². The van der Waals surface area contributed by atoms with Crippen LogP contribution < -0.4 is 9.62 Å². The van der Waals surface area contributed by atoms with Crippen LogP contribution in [0, 0.1) is 25.5 Å². The van der Waals surface area contributed by atoms with Gasteiger partial charge in [-0.2, -0.15) is 0 Å². The molecule has 0 aliphatic rings. The van der Waals surface area contributed by atoms with E-state index in [4.69, 9.17) is 0 Å². The molecule has 0 saturated heterocycles. The summed E-state index contributed by atoms with van der Waals surface area (Å²) < 4.78 is 52.3. The van der Waals surface area contributed by atoms with Crippen LogP contribution in [0.1, 0.15) is 11.1 Å². The highest BCUT2D eigenvalue weighted by molar-refractivity contribution is 7.92. The molecule has 1 amide bonds. The fourth-order valence-electron chi connectivity index (χ4n) is 2.41. The Bertz CT molecular complexity index is 874. The molecular formula is C17H18F2N2O3S. The van der Waals surface area contributed by atoms with E-state index in [1.807, 2.05) is 6.07 Å². The standard InChI is InChI=1S/C17H18F2N2O3S/c1-11-6-4-7-12(2)16(11)20-15(22)10-21(25(3,23)24)17-13(18)8-5-9-14(17)19/h4-9H,10H2,1-3H3,(H,20,22).